The van der Waals surface area contributed by atoms with Crippen molar-refractivity contribution >= 4 is 65.6 Å². The van der Waals surface area contributed by atoms with E-state index in [2.05, 4.69) is 169 Å². The van der Waals surface area contributed by atoms with Crippen molar-refractivity contribution in [2.24, 2.45) is 0 Å². The van der Waals surface area contributed by atoms with Crippen molar-refractivity contribution in [2.75, 3.05) is 0 Å². The SMILES string of the molecule is CC1(C)c2cc(-n3c4ccccc4c4ccccc43)ccc2-c2c1ccc1oc3ccc(-n4c5ccccc5c5ccccc54)cc3c21. The lowest BCUT2D eigenvalue weighted by molar-refractivity contribution is 0.656. The molecule has 1 aliphatic rings. The summed E-state index contributed by atoms with van der Waals surface area (Å²) in [6.45, 7) is 4.73. The average molecular weight is 615 g/mol. The largest absolute Gasteiger partial charge is 0.456 e. The predicted octanol–water partition coefficient (Wildman–Crippen LogP) is 12.1. The number of aromatic nitrogens is 2. The molecule has 226 valence electrons. The van der Waals surface area contributed by atoms with Gasteiger partial charge in [-0.05, 0) is 82.9 Å². The Hall–Kier alpha value is -6.06. The summed E-state index contributed by atoms with van der Waals surface area (Å²) in [4.78, 5) is 0. The van der Waals surface area contributed by atoms with Gasteiger partial charge in [-0.3, -0.25) is 0 Å². The van der Waals surface area contributed by atoms with E-state index in [9.17, 15) is 0 Å². The topological polar surface area (TPSA) is 23.0 Å². The van der Waals surface area contributed by atoms with Crippen molar-refractivity contribution in [3.05, 3.63) is 157 Å². The summed E-state index contributed by atoms with van der Waals surface area (Å²) in [6.07, 6.45) is 0. The molecular weight excluding hydrogens is 585 g/mol. The molecule has 0 aliphatic heterocycles. The summed E-state index contributed by atoms with van der Waals surface area (Å²) >= 11 is 0. The van der Waals surface area contributed by atoms with Crippen LogP contribution >= 0.6 is 0 Å². The van der Waals surface area contributed by atoms with E-state index in [-0.39, 0.29) is 5.41 Å². The molecule has 0 unspecified atom stereocenters. The first kappa shape index (κ1) is 26.1. The van der Waals surface area contributed by atoms with E-state index >= 15 is 0 Å². The summed E-state index contributed by atoms with van der Waals surface area (Å²) in [5.41, 5.74) is 14.1. The molecule has 0 N–H and O–H groups in total. The molecule has 0 atom stereocenters. The van der Waals surface area contributed by atoms with Crippen molar-refractivity contribution < 1.29 is 4.42 Å². The number of benzene rings is 7. The number of para-hydroxylation sites is 4. The molecule has 48 heavy (non-hydrogen) atoms. The lowest BCUT2D eigenvalue weighted by Gasteiger charge is -2.22. The Morgan fingerprint density at radius 3 is 1.48 bits per heavy atom. The van der Waals surface area contributed by atoms with Crippen LogP contribution in [0.5, 0.6) is 0 Å². The second-order valence-electron chi connectivity index (χ2n) is 13.7. The van der Waals surface area contributed by atoms with Gasteiger partial charge in [0.2, 0.25) is 0 Å². The number of rotatable bonds is 2. The quantitative estimate of drug-likeness (QED) is 0.190. The summed E-state index contributed by atoms with van der Waals surface area (Å²) in [6, 6.07) is 53.1. The third-order valence-corrected chi connectivity index (χ3v) is 10.9. The molecule has 0 bridgehead atoms. The van der Waals surface area contributed by atoms with Crippen LogP contribution < -0.4 is 0 Å². The number of fused-ring (bicyclic) bond motifs is 13. The Kier molecular flexibility index (Phi) is 4.91. The molecule has 0 saturated carbocycles. The van der Waals surface area contributed by atoms with Crippen LogP contribution in [0.2, 0.25) is 0 Å². The highest BCUT2D eigenvalue weighted by Crippen LogP contribution is 2.54. The van der Waals surface area contributed by atoms with Gasteiger partial charge in [-0.1, -0.05) is 98.8 Å². The fourth-order valence-corrected chi connectivity index (χ4v) is 8.75. The molecule has 10 aromatic rings. The van der Waals surface area contributed by atoms with Crippen LogP contribution in [0.15, 0.2) is 150 Å². The summed E-state index contributed by atoms with van der Waals surface area (Å²) in [5, 5.41) is 7.43. The maximum atomic E-state index is 6.57. The molecule has 3 aromatic heterocycles. The van der Waals surface area contributed by atoms with Gasteiger partial charge in [-0.2, -0.15) is 0 Å². The van der Waals surface area contributed by atoms with E-state index in [4.69, 9.17) is 4.42 Å². The zero-order chi connectivity index (χ0) is 31.7. The van der Waals surface area contributed by atoms with Crippen LogP contribution in [-0.4, -0.2) is 9.13 Å². The molecule has 7 aromatic carbocycles. The maximum absolute atomic E-state index is 6.57. The van der Waals surface area contributed by atoms with Crippen LogP contribution in [0.4, 0.5) is 0 Å². The first-order valence-corrected chi connectivity index (χ1v) is 16.7. The lowest BCUT2D eigenvalue weighted by atomic mass is 9.82. The molecule has 11 rings (SSSR count). The smallest absolute Gasteiger partial charge is 0.136 e. The fraction of sp³-hybridized carbons (Fsp3) is 0.0667. The molecule has 1 aliphatic carbocycles. The van der Waals surface area contributed by atoms with Crippen molar-refractivity contribution in [1.82, 2.24) is 9.13 Å². The Bertz CT molecular complexity index is 2880. The first-order valence-electron chi connectivity index (χ1n) is 16.7. The normalized spacial score (nSPS) is 13.8. The molecule has 0 spiro atoms. The number of hydrogen-bond donors (Lipinski definition) is 0. The second-order valence-corrected chi connectivity index (χ2v) is 13.7. The average Bonchev–Trinajstić information content (AvgIpc) is 3.83. The minimum Gasteiger partial charge on any atom is -0.456 e. The van der Waals surface area contributed by atoms with E-state index in [0.29, 0.717) is 0 Å². The van der Waals surface area contributed by atoms with Gasteiger partial charge >= 0.3 is 0 Å². The van der Waals surface area contributed by atoms with Crippen molar-refractivity contribution in [2.45, 2.75) is 19.3 Å². The van der Waals surface area contributed by atoms with Gasteiger partial charge < -0.3 is 13.6 Å². The fourth-order valence-electron chi connectivity index (χ4n) is 8.75. The monoisotopic (exact) mass is 614 g/mol. The number of hydrogen-bond acceptors (Lipinski definition) is 1. The van der Waals surface area contributed by atoms with E-state index in [1.54, 1.807) is 0 Å². The molecule has 0 radical (unpaired) electrons. The zero-order valence-electron chi connectivity index (χ0n) is 26.7. The summed E-state index contributed by atoms with van der Waals surface area (Å²) in [5.74, 6) is 0. The van der Waals surface area contributed by atoms with Gasteiger partial charge in [0.25, 0.3) is 0 Å². The molecule has 0 fully saturated rings. The zero-order valence-corrected chi connectivity index (χ0v) is 26.7. The molecule has 0 amide bonds. The minimum absolute atomic E-state index is 0.179. The van der Waals surface area contributed by atoms with Crippen molar-refractivity contribution in [3.8, 4) is 22.5 Å². The highest BCUT2D eigenvalue weighted by molar-refractivity contribution is 6.16. The number of nitrogens with zero attached hydrogens (tertiary/aromatic N) is 2. The van der Waals surface area contributed by atoms with Gasteiger partial charge in [0, 0.05) is 49.1 Å². The highest BCUT2D eigenvalue weighted by Gasteiger charge is 2.38. The Balaban J connectivity index is 1.17. The van der Waals surface area contributed by atoms with Crippen LogP contribution in [0.1, 0.15) is 25.0 Å². The van der Waals surface area contributed by atoms with Crippen molar-refractivity contribution in [3.63, 3.8) is 0 Å². The lowest BCUT2D eigenvalue weighted by Crippen LogP contribution is -2.15. The second kappa shape index (κ2) is 9.05. The van der Waals surface area contributed by atoms with Crippen LogP contribution in [0.3, 0.4) is 0 Å². The molecule has 0 saturated heterocycles. The van der Waals surface area contributed by atoms with E-state index in [1.807, 2.05) is 0 Å². The van der Waals surface area contributed by atoms with Crippen LogP contribution in [0.25, 0.3) is 88.1 Å². The maximum Gasteiger partial charge on any atom is 0.136 e. The first-order chi connectivity index (χ1) is 23.6. The van der Waals surface area contributed by atoms with Gasteiger partial charge in [-0.25, -0.2) is 0 Å². The highest BCUT2D eigenvalue weighted by atomic mass is 16.3. The van der Waals surface area contributed by atoms with Crippen LogP contribution in [-0.2, 0) is 5.41 Å². The summed E-state index contributed by atoms with van der Waals surface area (Å²) in [7, 11) is 0. The molecule has 3 heterocycles. The summed E-state index contributed by atoms with van der Waals surface area (Å²) < 4.78 is 11.4. The molecule has 3 nitrogen and oxygen atoms in total. The third kappa shape index (κ3) is 3.23. The standard InChI is InChI=1S/C45H30N2O/c1-45(2)35-22-24-42-44(34-25-27(20-23-41(34)48-42)46-37-15-7-3-11-29(37)30-12-4-8-16-38(30)46)43(35)33-21-19-28(26-36(33)45)47-39-17-9-5-13-31(39)32-14-6-10-18-40(32)47/h3-26H,1-2H3. The number of furan rings is 1. The van der Waals surface area contributed by atoms with Gasteiger partial charge in [0.05, 0.1) is 22.1 Å². The molecular formula is C45H30N2O. The van der Waals surface area contributed by atoms with E-state index < -0.39 is 0 Å². The third-order valence-electron chi connectivity index (χ3n) is 10.9. The van der Waals surface area contributed by atoms with Gasteiger partial charge in [-0.15, -0.1) is 0 Å². The predicted molar refractivity (Wildman–Crippen MR) is 200 cm³/mol. The van der Waals surface area contributed by atoms with E-state index in [0.717, 1.165) is 22.2 Å². The minimum atomic E-state index is -0.179. The van der Waals surface area contributed by atoms with Gasteiger partial charge in [0.15, 0.2) is 0 Å². The Morgan fingerprint density at radius 2 is 0.917 bits per heavy atom. The van der Waals surface area contributed by atoms with Crippen LogP contribution in [0, 0.1) is 0 Å². The van der Waals surface area contributed by atoms with Gasteiger partial charge in [0.1, 0.15) is 11.2 Å². The Morgan fingerprint density at radius 1 is 0.438 bits per heavy atom. The molecule has 3 heteroatoms. The van der Waals surface area contributed by atoms with E-state index in [1.165, 1.54) is 76.9 Å². The Labute approximate surface area is 276 Å². The van der Waals surface area contributed by atoms with Crippen molar-refractivity contribution in [1.29, 1.82) is 0 Å².